The van der Waals surface area contributed by atoms with Gasteiger partial charge in [0.15, 0.2) is 5.75 Å². The van der Waals surface area contributed by atoms with Crippen molar-refractivity contribution in [3.63, 3.8) is 0 Å². The number of nitrogens with zero attached hydrogens (tertiary/aromatic N) is 7. The second-order valence-corrected chi connectivity index (χ2v) is 16.3. The lowest BCUT2D eigenvalue weighted by Crippen LogP contribution is -2.52. The fourth-order valence-electron chi connectivity index (χ4n) is 7.54. The number of sulfonamides is 1. The van der Waals surface area contributed by atoms with Gasteiger partial charge < -0.3 is 15.4 Å². The van der Waals surface area contributed by atoms with Gasteiger partial charge in [-0.1, -0.05) is 18.2 Å². The van der Waals surface area contributed by atoms with Crippen LogP contribution in [0.2, 0.25) is 0 Å². The van der Waals surface area contributed by atoms with Crippen LogP contribution in [0.5, 0.6) is 5.75 Å². The molecule has 2 aromatic carbocycles. The molecular formula is C38H45F2N11O5S. The van der Waals surface area contributed by atoms with Gasteiger partial charge in [-0.15, -0.1) is 0 Å². The number of piperidine rings is 2. The van der Waals surface area contributed by atoms with Crippen molar-refractivity contribution in [1.82, 2.24) is 39.2 Å². The second-order valence-electron chi connectivity index (χ2n) is 14.3. The van der Waals surface area contributed by atoms with E-state index in [9.17, 15) is 26.8 Å². The zero-order chi connectivity index (χ0) is 40.3. The van der Waals surface area contributed by atoms with E-state index in [-0.39, 0.29) is 60.4 Å². The summed E-state index contributed by atoms with van der Waals surface area (Å²) >= 11 is 0. The maximum atomic E-state index is 13.7. The first kappa shape index (κ1) is 39.7. The average molecular weight is 806 g/mol. The molecule has 3 saturated heterocycles. The molecule has 5 heterocycles. The molecule has 57 heavy (non-hydrogen) atoms. The molecule has 2 aromatic heterocycles. The van der Waals surface area contributed by atoms with Crippen LogP contribution in [0.15, 0.2) is 65.8 Å². The van der Waals surface area contributed by atoms with Gasteiger partial charge in [0.05, 0.1) is 28.7 Å². The van der Waals surface area contributed by atoms with Crippen LogP contribution in [0.3, 0.4) is 0 Å². The van der Waals surface area contributed by atoms with Gasteiger partial charge in [-0.05, 0) is 80.6 Å². The fraction of sp³-hybridized carbons (Fsp3) is 0.421. The van der Waals surface area contributed by atoms with Crippen LogP contribution in [0.1, 0.15) is 54.8 Å². The summed E-state index contributed by atoms with van der Waals surface area (Å²) in [5, 5.41) is 22.0. The maximum absolute atomic E-state index is 13.7. The lowest BCUT2D eigenvalue weighted by atomic mass is 9.88. The lowest BCUT2D eigenvalue weighted by molar-refractivity contribution is -0.121. The number of amidine groups is 1. The minimum atomic E-state index is -3.78. The molecule has 19 heteroatoms. The number of amides is 3. The number of anilines is 2. The molecule has 0 radical (unpaired) electrons. The van der Waals surface area contributed by atoms with E-state index in [1.165, 1.54) is 9.21 Å². The number of alkyl halides is 2. The Balaban J connectivity index is 0.931. The molecule has 7 rings (SSSR count). The van der Waals surface area contributed by atoms with E-state index in [1.54, 1.807) is 25.2 Å². The molecule has 3 aliphatic rings. The molecule has 3 amide bonds. The third-order valence-electron chi connectivity index (χ3n) is 10.7. The quantitative estimate of drug-likeness (QED) is 0.117. The van der Waals surface area contributed by atoms with E-state index in [0.717, 1.165) is 55.3 Å². The standard InChI is InChI=1S/C38H45F2N11O5S/c1-42-33-19-25(6-7-31(33)35(41)51-17-12-34(52)46-38(51)53)24-8-13-49(14-9-24)23-28-20-32(47-48(28)2)26-4-3-5-30(18-26)57(54,55)50-15-10-27(11-16-50)45-37-43-21-29(22-44-37)56-36(39)40/h3-7,18-22,24,27,36,41-42H,8-17,23H2,1-2H3,(H,43,44,45)(H,46,52,53). The van der Waals surface area contributed by atoms with Gasteiger partial charge in [0, 0.05) is 69.6 Å². The first-order valence-corrected chi connectivity index (χ1v) is 20.2. The average Bonchev–Trinajstić information content (AvgIpc) is 3.57. The number of urea groups is 1. The van der Waals surface area contributed by atoms with Crippen LogP contribution in [-0.2, 0) is 28.4 Å². The molecule has 3 aliphatic heterocycles. The summed E-state index contributed by atoms with van der Waals surface area (Å²) < 4.78 is 59.9. The van der Waals surface area contributed by atoms with E-state index in [4.69, 9.17) is 10.5 Å². The Morgan fingerprint density at radius 2 is 1.74 bits per heavy atom. The summed E-state index contributed by atoms with van der Waals surface area (Å²) in [4.78, 5) is 35.8. The number of ether oxygens (including phenoxy) is 1. The number of nitrogens with one attached hydrogen (secondary N) is 4. The molecular weight excluding hydrogens is 761 g/mol. The van der Waals surface area contributed by atoms with Gasteiger partial charge in [0.25, 0.3) is 0 Å². The van der Waals surface area contributed by atoms with Crippen molar-refractivity contribution in [2.45, 2.75) is 62.1 Å². The number of aromatic nitrogens is 4. The van der Waals surface area contributed by atoms with Gasteiger partial charge in [0.1, 0.15) is 5.84 Å². The Bertz CT molecular complexity index is 2220. The molecule has 16 nitrogen and oxygen atoms in total. The maximum Gasteiger partial charge on any atom is 0.387 e. The molecule has 302 valence electrons. The minimum absolute atomic E-state index is 0.0467. The number of carbonyl (C=O) groups is 2. The predicted octanol–water partition coefficient (Wildman–Crippen LogP) is 4.43. The highest BCUT2D eigenvalue weighted by atomic mass is 32.2. The van der Waals surface area contributed by atoms with Crippen molar-refractivity contribution in [1.29, 1.82) is 5.41 Å². The number of halogens is 2. The first-order chi connectivity index (χ1) is 27.4. The topological polar surface area (TPSA) is 191 Å². The zero-order valence-electron chi connectivity index (χ0n) is 31.6. The van der Waals surface area contributed by atoms with Crippen molar-refractivity contribution in [3.8, 4) is 17.0 Å². The number of hydrogen-bond donors (Lipinski definition) is 4. The molecule has 0 bridgehead atoms. The Morgan fingerprint density at radius 3 is 2.42 bits per heavy atom. The number of rotatable bonds is 12. The van der Waals surface area contributed by atoms with E-state index >= 15 is 0 Å². The van der Waals surface area contributed by atoms with Gasteiger partial charge in [-0.2, -0.15) is 18.2 Å². The van der Waals surface area contributed by atoms with Crippen LogP contribution < -0.4 is 20.7 Å². The molecule has 0 saturated carbocycles. The Hall–Kier alpha value is -5.53. The first-order valence-electron chi connectivity index (χ1n) is 18.8. The Kier molecular flexibility index (Phi) is 11.8. The normalized spacial score (nSPS) is 17.8. The fourth-order valence-corrected chi connectivity index (χ4v) is 9.06. The van der Waals surface area contributed by atoms with Crippen LogP contribution in [0, 0.1) is 5.41 Å². The Morgan fingerprint density at radius 1 is 1.00 bits per heavy atom. The molecule has 0 aliphatic carbocycles. The number of likely N-dealkylation sites (tertiary alicyclic amines) is 1. The van der Waals surface area contributed by atoms with E-state index in [1.807, 2.05) is 36.0 Å². The van der Waals surface area contributed by atoms with Crippen molar-refractivity contribution in [2.24, 2.45) is 7.05 Å². The highest BCUT2D eigenvalue weighted by Crippen LogP contribution is 2.33. The number of carbonyl (C=O) groups excluding carboxylic acids is 2. The summed E-state index contributed by atoms with van der Waals surface area (Å²) in [6.45, 7) is 0.210. The van der Waals surface area contributed by atoms with E-state index in [2.05, 4.69) is 41.6 Å². The van der Waals surface area contributed by atoms with Gasteiger partial charge in [-0.3, -0.25) is 30.0 Å². The lowest BCUT2D eigenvalue weighted by Gasteiger charge is -2.32. The number of aryl methyl sites for hydroxylation is 1. The van der Waals surface area contributed by atoms with E-state index in [0.29, 0.717) is 42.1 Å². The third-order valence-corrected chi connectivity index (χ3v) is 12.6. The number of imide groups is 1. The molecule has 3 fully saturated rings. The molecule has 4 N–H and O–H groups in total. The van der Waals surface area contributed by atoms with Crippen LogP contribution in [0.4, 0.5) is 25.2 Å². The van der Waals surface area contributed by atoms with Crippen molar-refractivity contribution in [2.75, 3.05) is 50.4 Å². The smallest absolute Gasteiger partial charge is 0.387 e. The third kappa shape index (κ3) is 9.05. The summed E-state index contributed by atoms with van der Waals surface area (Å²) in [6, 6.07) is 14.1. The molecule has 0 atom stereocenters. The van der Waals surface area contributed by atoms with Crippen LogP contribution >= 0.6 is 0 Å². The molecule has 4 aromatic rings. The zero-order valence-corrected chi connectivity index (χ0v) is 32.4. The molecule has 0 unspecified atom stereocenters. The van der Waals surface area contributed by atoms with Gasteiger partial charge in [0.2, 0.25) is 21.9 Å². The predicted molar refractivity (Wildman–Crippen MR) is 208 cm³/mol. The van der Waals surface area contributed by atoms with E-state index < -0.39 is 22.7 Å². The summed E-state index contributed by atoms with van der Waals surface area (Å²) in [6.07, 6.45) is 5.38. The highest BCUT2D eigenvalue weighted by molar-refractivity contribution is 7.89. The van der Waals surface area contributed by atoms with Gasteiger partial charge >= 0.3 is 12.6 Å². The number of benzene rings is 2. The largest absolute Gasteiger partial charge is 0.432 e. The Labute approximate surface area is 329 Å². The summed E-state index contributed by atoms with van der Waals surface area (Å²) in [7, 11) is -0.0956. The van der Waals surface area contributed by atoms with Crippen LogP contribution in [0.25, 0.3) is 11.3 Å². The van der Waals surface area contributed by atoms with Crippen LogP contribution in [-0.4, -0.2) is 112 Å². The summed E-state index contributed by atoms with van der Waals surface area (Å²) in [5.74, 6) is 0.142. The molecule has 0 spiro atoms. The van der Waals surface area contributed by atoms with Crippen molar-refractivity contribution < 1.29 is 31.5 Å². The second kappa shape index (κ2) is 16.9. The minimum Gasteiger partial charge on any atom is -0.432 e. The number of hydrogen-bond acceptors (Lipinski definition) is 12. The highest BCUT2D eigenvalue weighted by Gasteiger charge is 2.31. The van der Waals surface area contributed by atoms with Crippen molar-refractivity contribution in [3.05, 3.63) is 77.7 Å². The van der Waals surface area contributed by atoms with Crippen molar-refractivity contribution >= 4 is 39.4 Å². The SMILES string of the molecule is CNc1cc(C2CCN(Cc3cc(-c4cccc(S(=O)(=O)N5CCC(Nc6ncc(OC(F)F)cn6)CC5)c4)nn3C)CC2)ccc1C(=N)N1CCC(=O)NC1=O. The van der Waals surface area contributed by atoms with Gasteiger partial charge in [-0.25, -0.2) is 23.2 Å². The monoisotopic (exact) mass is 805 g/mol. The summed E-state index contributed by atoms with van der Waals surface area (Å²) in [5.41, 5.74) is 4.91.